The van der Waals surface area contributed by atoms with Crippen LogP contribution in [0.4, 0.5) is 0 Å². The Morgan fingerprint density at radius 1 is 1.23 bits per heavy atom. The summed E-state index contributed by atoms with van der Waals surface area (Å²) in [6, 6.07) is 10.4. The Bertz CT molecular complexity index is 234. The molecule has 0 aliphatic carbocycles. The topological polar surface area (TPSA) is 21.3 Å². The van der Waals surface area contributed by atoms with Crippen LogP contribution in [0.15, 0.2) is 30.3 Å². The van der Waals surface area contributed by atoms with Gasteiger partial charge in [0.2, 0.25) is 0 Å². The maximum absolute atomic E-state index is 5.55. The van der Waals surface area contributed by atoms with Crippen LogP contribution in [-0.2, 0) is 4.74 Å². The monoisotopic (exact) mass is 199 g/mol. The number of hydrogen-bond acceptors (Lipinski definition) is 2. The lowest BCUT2D eigenvalue weighted by molar-refractivity contribution is 0.00609. The third-order valence-corrected chi connectivity index (χ3v) is 2.14. The van der Waals surface area contributed by atoms with E-state index in [1.165, 1.54) is 5.56 Å². The van der Waals surface area contributed by atoms with Crippen LogP contribution in [0.1, 0.15) is 18.1 Å². The van der Waals surface area contributed by atoms with Gasteiger partial charge in [-0.2, -0.15) is 0 Å². The average Bonchev–Trinajstić information content (AvgIpc) is 2.21. The smallest absolute Gasteiger partial charge is 0.0973 e. The molecule has 13 heavy (non-hydrogen) atoms. The van der Waals surface area contributed by atoms with Crippen molar-refractivity contribution in [3.8, 4) is 0 Å². The molecule has 0 amide bonds. The van der Waals surface area contributed by atoms with E-state index < -0.39 is 0 Å². The van der Waals surface area contributed by atoms with Gasteiger partial charge in [0.15, 0.2) is 0 Å². The molecule has 0 saturated carbocycles. The molecule has 2 rings (SSSR count). The second kappa shape index (κ2) is 5.22. The maximum atomic E-state index is 5.55. The predicted molar refractivity (Wildman–Crippen MR) is 55.0 cm³/mol. The van der Waals surface area contributed by atoms with Crippen LogP contribution in [0.3, 0.4) is 0 Å². The van der Waals surface area contributed by atoms with Crippen LogP contribution in [0.5, 0.6) is 0 Å². The van der Waals surface area contributed by atoms with Gasteiger partial charge in [-0.05, 0) is 12.0 Å². The highest BCUT2D eigenvalue weighted by molar-refractivity contribution is 5.85. The van der Waals surface area contributed by atoms with Gasteiger partial charge in [-0.1, -0.05) is 30.3 Å². The van der Waals surface area contributed by atoms with Crippen LogP contribution in [0.2, 0.25) is 0 Å². The summed E-state index contributed by atoms with van der Waals surface area (Å²) in [5.41, 5.74) is 1.29. The van der Waals surface area contributed by atoms with E-state index in [9.17, 15) is 0 Å². The first-order valence-electron chi connectivity index (χ1n) is 4.34. The summed E-state index contributed by atoms with van der Waals surface area (Å²) in [6.07, 6.45) is 1.37. The summed E-state index contributed by atoms with van der Waals surface area (Å²) >= 11 is 0. The molecule has 0 radical (unpaired) electrons. The molecule has 1 aliphatic rings. The summed E-state index contributed by atoms with van der Waals surface area (Å²) in [4.78, 5) is 0. The van der Waals surface area contributed by atoms with Gasteiger partial charge in [0.25, 0.3) is 0 Å². The third-order valence-electron chi connectivity index (χ3n) is 2.14. The first kappa shape index (κ1) is 10.5. The molecule has 1 aromatic rings. The first-order valence-corrected chi connectivity index (χ1v) is 4.34. The van der Waals surface area contributed by atoms with Crippen LogP contribution < -0.4 is 5.32 Å². The summed E-state index contributed by atoms with van der Waals surface area (Å²) in [5.74, 6) is 0. The van der Waals surface area contributed by atoms with Gasteiger partial charge in [0, 0.05) is 6.54 Å². The zero-order valence-electron chi connectivity index (χ0n) is 7.40. The van der Waals surface area contributed by atoms with Crippen molar-refractivity contribution in [1.82, 2.24) is 5.32 Å². The van der Waals surface area contributed by atoms with Crippen molar-refractivity contribution in [3.05, 3.63) is 35.9 Å². The van der Waals surface area contributed by atoms with E-state index in [1.54, 1.807) is 0 Å². The molecule has 1 aliphatic heterocycles. The van der Waals surface area contributed by atoms with Crippen LogP contribution >= 0.6 is 12.4 Å². The van der Waals surface area contributed by atoms with Crippen molar-refractivity contribution in [2.75, 3.05) is 13.3 Å². The molecule has 3 heteroatoms. The van der Waals surface area contributed by atoms with E-state index in [1.807, 2.05) is 6.07 Å². The zero-order valence-corrected chi connectivity index (χ0v) is 8.22. The van der Waals surface area contributed by atoms with Gasteiger partial charge >= 0.3 is 0 Å². The Labute approximate surface area is 84.7 Å². The van der Waals surface area contributed by atoms with Crippen molar-refractivity contribution < 1.29 is 4.74 Å². The molecule has 2 nitrogen and oxygen atoms in total. The largest absolute Gasteiger partial charge is 0.358 e. The molecule has 0 spiro atoms. The minimum Gasteiger partial charge on any atom is -0.358 e. The summed E-state index contributed by atoms with van der Waals surface area (Å²) in [5, 5.41) is 3.16. The molecule has 0 bridgehead atoms. The third kappa shape index (κ3) is 2.69. The lowest BCUT2D eigenvalue weighted by Crippen LogP contribution is -2.28. The summed E-state index contributed by atoms with van der Waals surface area (Å²) in [6.45, 7) is 1.74. The fraction of sp³-hybridized carbons (Fsp3) is 0.400. The predicted octanol–water partition coefficient (Wildman–Crippen LogP) is 2.12. The molecular formula is C10H14ClNO. The van der Waals surface area contributed by atoms with Gasteiger partial charge in [0.05, 0.1) is 12.8 Å². The molecule has 1 N–H and O–H groups in total. The summed E-state index contributed by atoms with van der Waals surface area (Å²) in [7, 11) is 0. The molecule has 1 fully saturated rings. The van der Waals surface area contributed by atoms with Gasteiger partial charge < -0.3 is 4.74 Å². The van der Waals surface area contributed by atoms with Gasteiger partial charge in [-0.15, -0.1) is 12.4 Å². The Morgan fingerprint density at radius 2 is 2.00 bits per heavy atom. The lowest BCUT2D eigenvalue weighted by Gasteiger charge is -2.23. The van der Waals surface area contributed by atoms with Crippen molar-refractivity contribution in [2.45, 2.75) is 12.5 Å². The fourth-order valence-electron chi connectivity index (χ4n) is 1.48. The Hall–Kier alpha value is -0.570. The Morgan fingerprint density at radius 3 is 2.62 bits per heavy atom. The number of hydrogen-bond donors (Lipinski definition) is 1. The molecule has 1 heterocycles. The lowest BCUT2D eigenvalue weighted by atomic mass is 10.1. The van der Waals surface area contributed by atoms with E-state index in [2.05, 4.69) is 29.6 Å². The van der Waals surface area contributed by atoms with Crippen LogP contribution in [-0.4, -0.2) is 13.3 Å². The molecule has 1 unspecified atom stereocenters. The number of benzene rings is 1. The normalized spacial score (nSPS) is 22.0. The fourth-order valence-corrected chi connectivity index (χ4v) is 1.48. The quantitative estimate of drug-likeness (QED) is 0.748. The maximum Gasteiger partial charge on any atom is 0.0973 e. The zero-order chi connectivity index (χ0) is 8.23. The first-order chi connectivity index (χ1) is 5.97. The second-order valence-electron chi connectivity index (χ2n) is 3.00. The highest BCUT2D eigenvalue weighted by Gasteiger charge is 2.14. The van der Waals surface area contributed by atoms with Gasteiger partial charge in [0.1, 0.15) is 0 Å². The van der Waals surface area contributed by atoms with E-state index >= 15 is 0 Å². The van der Waals surface area contributed by atoms with Crippen molar-refractivity contribution >= 4 is 12.4 Å². The minimum atomic E-state index is 0. The number of ether oxygens (including phenoxy) is 1. The molecule has 72 valence electrons. The SMILES string of the molecule is Cl.c1ccc(C2CCNCO2)cc1. The van der Waals surface area contributed by atoms with Gasteiger partial charge in [-0.25, -0.2) is 0 Å². The standard InChI is InChI=1S/C10H13NO.ClH/c1-2-4-9(5-3-1)10-6-7-11-8-12-10;/h1-5,10-11H,6-8H2;1H. The van der Waals surface area contributed by atoms with Crippen LogP contribution in [0, 0.1) is 0 Å². The molecule has 1 saturated heterocycles. The molecule has 1 atom stereocenters. The van der Waals surface area contributed by atoms with E-state index in [-0.39, 0.29) is 12.4 Å². The second-order valence-corrected chi connectivity index (χ2v) is 3.00. The number of halogens is 1. The highest BCUT2D eigenvalue weighted by atomic mass is 35.5. The molecule has 0 aromatic heterocycles. The van der Waals surface area contributed by atoms with Crippen LogP contribution in [0.25, 0.3) is 0 Å². The average molecular weight is 200 g/mol. The highest BCUT2D eigenvalue weighted by Crippen LogP contribution is 2.21. The minimum absolute atomic E-state index is 0. The number of nitrogens with one attached hydrogen (secondary N) is 1. The van der Waals surface area contributed by atoms with E-state index in [4.69, 9.17) is 4.74 Å². The van der Waals surface area contributed by atoms with E-state index in [0.717, 1.165) is 13.0 Å². The van der Waals surface area contributed by atoms with Crippen molar-refractivity contribution in [1.29, 1.82) is 0 Å². The van der Waals surface area contributed by atoms with Crippen molar-refractivity contribution in [2.24, 2.45) is 0 Å². The molecule has 1 aromatic carbocycles. The Kier molecular flexibility index (Phi) is 4.22. The summed E-state index contributed by atoms with van der Waals surface area (Å²) < 4.78 is 5.55. The Balaban J connectivity index is 0.000000845. The number of rotatable bonds is 1. The van der Waals surface area contributed by atoms with E-state index in [0.29, 0.717) is 12.8 Å². The van der Waals surface area contributed by atoms with Crippen molar-refractivity contribution in [3.63, 3.8) is 0 Å². The molecular weight excluding hydrogens is 186 g/mol. The van der Waals surface area contributed by atoms with Gasteiger partial charge in [-0.3, -0.25) is 5.32 Å².